The Labute approximate surface area is 132 Å². The minimum Gasteiger partial charge on any atom is -0.381 e. The van der Waals surface area contributed by atoms with E-state index in [1.807, 2.05) is 0 Å². The third kappa shape index (κ3) is 3.50. The Balaban J connectivity index is 1.78. The average Bonchev–Trinajstić information content (AvgIpc) is 3.08. The second-order valence-electron chi connectivity index (χ2n) is 5.79. The van der Waals surface area contributed by atoms with Crippen LogP contribution in [-0.4, -0.2) is 43.7 Å². The van der Waals surface area contributed by atoms with E-state index in [-0.39, 0.29) is 30.5 Å². The molecule has 1 amide bonds. The van der Waals surface area contributed by atoms with Crippen molar-refractivity contribution in [3.63, 3.8) is 0 Å². The summed E-state index contributed by atoms with van der Waals surface area (Å²) in [6.07, 6.45) is -4.53. The van der Waals surface area contributed by atoms with Crippen LogP contribution in [0.25, 0.3) is 0 Å². The van der Waals surface area contributed by atoms with Crippen LogP contribution in [0.15, 0.2) is 24.3 Å². The summed E-state index contributed by atoms with van der Waals surface area (Å²) in [7, 11) is 0. The van der Waals surface area contributed by atoms with Crippen molar-refractivity contribution in [2.75, 3.05) is 32.9 Å². The minimum absolute atomic E-state index is 0.0553. The standard InChI is InChI=1S/C16H18F3NO3/c17-16(18,19)13-4-2-1-3-12(13)14-9-20(6-8-23-14)15(21)11-5-7-22-10-11/h1-4,11,14H,5-10H2/t11-,14-/m0/s1. The van der Waals surface area contributed by atoms with Crippen LogP contribution < -0.4 is 0 Å². The van der Waals surface area contributed by atoms with Crippen LogP contribution in [0.3, 0.4) is 0 Å². The van der Waals surface area contributed by atoms with Gasteiger partial charge >= 0.3 is 6.18 Å². The molecule has 0 aromatic heterocycles. The Hall–Kier alpha value is -1.60. The van der Waals surface area contributed by atoms with Crippen molar-refractivity contribution in [3.8, 4) is 0 Å². The number of alkyl halides is 3. The zero-order valence-electron chi connectivity index (χ0n) is 12.5. The number of ether oxygens (including phenoxy) is 2. The predicted octanol–water partition coefficient (Wildman–Crippen LogP) is 2.64. The number of halogens is 3. The zero-order valence-corrected chi connectivity index (χ0v) is 12.5. The first-order valence-electron chi connectivity index (χ1n) is 7.61. The Kier molecular flexibility index (Phi) is 4.59. The molecule has 0 bridgehead atoms. The van der Waals surface area contributed by atoms with Gasteiger partial charge in [-0.1, -0.05) is 18.2 Å². The summed E-state index contributed by atoms with van der Waals surface area (Å²) in [6.45, 7) is 1.72. The summed E-state index contributed by atoms with van der Waals surface area (Å²) in [6, 6.07) is 5.37. The molecule has 2 heterocycles. The van der Waals surface area contributed by atoms with Gasteiger partial charge in [-0.15, -0.1) is 0 Å². The van der Waals surface area contributed by atoms with Gasteiger partial charge in [0.2, 0.25) is 5.91 Å². The number of rotatable bonds is 2. The number of morpholine rings is 1. The lowest BCUT2D eigenvalue weighted by Gasteiger charge is -2.35. The van der Waals surface area contributed by atoms with Crippen LogP contribution in [0.4, 0.5) is 13.2 Å². The molecule has 0 radical (unpaired) electrons. The molecular formula is C16H18F3NO3. The molecule has 4 nitrogen and oxygen atoms in total. The van der Waals surface area contributed by atoms with Crippen molar-refractivity contribution in [1.29, 1.82) is 0 Å². The summed E-state index contributed by atoms with van der Waals surface area (Å²) in [4.78, 5) is 14.0. The fraction of sp³-hybridized carbons (Fsp3) is 0.562. The molecule has 7 heteroatoms. The molecule has 3 rings (SSSR count). The van der Waals surface area contributed by atoms with E-state index in [9.17, 15) is 18.0 Å². The first-order chi connectivity index (χ1) is 11.0. The van der Waals surface area contributed by atoms with Gasteiger partial charge < -0.3 is 14.4 Å². The highest BCUT2D eigenvalue weighted by Crippen LogP contribution is 2.36. The van der Waals surface area contributed by atoms with Gasteiger partial charge in [-0.2, -0.15) is 13.2 Å². The Morgan fingerprint density at radius 2 is 2.00 bits per heavy atom. The van der Waals surface area contributed by atoms with Gasteiger partial charge in [0, 0.05) is 13.2 Å². The molecule has 1 aromatic rings. The number of amides is 1. The molecule has 2 aliphatic rings. The normalized spacial score (nSPS) is 25.6. The molecule has 1 aromatic carbocycles. The molecule has 2 saturated heterocycles. The van der Waals surface area contributed by atoms with Crippen LogP contribution >= 0.6 is 0 Å². The molecular weight excluding hydrogens is 311 g/mol. The van der Waals surface area contributed by atoms with E-state index in [4.69, 9.17) is 9.47 Å². The first kappa shape index (κ1) is 16.3. The van der Waals surface area contributed by atoms with Crippen LogP contribution in [0.5, 0.6) is 0 Å². The lowest BCUT2D eigenvalue weighted by atomic mass is 9.99. The summed E-state index contributed by atoms with van der Waals surface area (Å²) in [5, 5.41) is 0. The van der Waals surface area contributed by atoms with E-state index in [1.54, 1.807) is 11.0 Å². The zero-order chi connectivity index (χ0) is 16.4. The monoisotopic (exact) mass is 329 g/mol. The molecule has 2 fully saturated rings. The van der Waals surface area contributed by atoms with Gasteiger partial charge in [-0.3, -0.25) is 4.79 Å². The van der Waals surface area contributed by atoms with Crippen molar-refractivity contribution in [2.45, 2.75) is 18.7 Å². The molecule has 0 saturated carbocycles. The average molecular weight is 329 g/mol. The maximum atomic E-state index is 13.2. The fourth-order valence-electron chi connectivity index (χ4n) is 3.06. The summed E-state index contributed by atoms with van der Waals surface area (Å²) < 4.78 is 50.2. The molecule has 0 N–H and O–H groups in total. The van der Waals surface area contributed by atoms with Crippen molar-refractivity contribution in [3.05, 3.63) is 35.4 Å². The van der Waals surface area contributed by atoms with Crippen LogP contribution in [0, 0.1) is 5.92 Å². The van der Waals surface area contributed by atoms with E-state index in [0.717, 1.165) is 6.07 Å². The summed E-state index contributed by atoms with van der Waals surface area (Å²) >= 11 is 0. The van der Waals surface area contributed by atoms with Crippen molar-refractivity contribution >= 4 is 5.91 Å². The molecule has 23 heavy (non-hydrogen) atoms. The van der Waals surface area contributed by atoms with E-state index in [2.05, 4.69) is 0 Å². The van der Waals surface area contributed by atoms with E-state index in [0.29, 0.717) is 26.2 Å². The van der Waals surface area contributed by atoms with Gasteiger partial charge in [-0.05, 0) is 18.1 Å². The molecule has 0 unspecified atom stereocenters. The maximum absolute atomic E-state index is 13.2. The topological polar surface area (TPSA) is 38.8 Å². The Morgan fingerprint density at radius 3 is 2.70 bits per heavy atom. The largest absolute Gasteiger partial charge is 0.416 e. The smallest absolute Gasteiger partial charge is 0.381 e. The van der Waals surface area contributed by atoms with Gasteiger partial charge in [0.25, 0.3) is 0 Å². The number of carbonyl (C=O) groups is 1. The number of nitrogens with zero attached hydrogens (tertiary/aromatic N) is 1. The van der Waals surface area contributed by atoms with E-state index in [1.165, 1.54) is 12.1 Å². The second kappa shape index (κ2) is 6.49. The number of carbonyl (C=O) groups excluding carboxylic acids is 1. The Morgan fingerprint density at radius 1 is 1.22 bits per heavy atom. The third-order valence-corrected chi connectivity index (χ3v) is 4.27. The van der Waals surface area contributed by atoms with Crippen LogP contribution in [-0.2, 0) is 20.4 Å². The molecule has 0 spiro atoms. The highest BCUT2D eigenvalue weighted by Gasteiger charge is 2.38. The Bertz CT molecular complexity index is 570. The summed E-state index contributed by atoms with van der Waals surface area (Å²) in [5.74, 6) is -0.244. The molecule has 2 aliphatic heterocycles. The van der Waals surface area contributed by atoms with Gasteiger partial charge in [0.05, 0.1) is 31.2 Å². The van der Waals surface area contributed by atoms with Gasteiger partial charge in [0.15, 0.2) is 0 Å². The third-order valence-electron chi connectivity index (χ3n) is 4.27. The highest BCUT2D eigenvalue weighted by molar-refractivity contribution is 5.79. The van der Waals surface area contributed by atoms with Crippen LogP contribution in [0.2, 0.25) is 0 Å². The number of hydrogen-bond donors (Lipinski definition) is 0. The predicted molar refractivity (Wildman–Crippen MR) is 75.6 cm³/mol. The quantitative estimate of drug-likeness (QED) is 0.837. The highest BCUT2D eigenvalue weighted by atomic mass is 19.4. The molecule has 0 aliphatic carbocycles. The first-order valence-corrected chi connectivity index (χ1v) is 7.61. The number of benzene rings is 1. The van der Waals surface area contributed by atoms with E-state index >= 15 is 0 Å². The lowest BCUT2D eigenvalue weighted by molar-refractivity contribution is -0.146. The number of hydrogen-bond acceptors (Lipinski definition) is 3. The van der Waals surface area contributed by atoms with E-state index < -0.39 is 17.8 Å². The van der Waals surface area contributed by atoms with Gasteiger partial charge in [0.1, 0.15) is 6.10 Å². The van der Waals surface area contributed by atoms with Crippen molar-refractivity contribution in [1.82, 2.24) is 4.90 Å². The fourth-order valence-corrected chi connectivity index (χ4v) is 3.06. The SMILES string of the molecule is O=C([C@H]1CCOC1)N1CCO[C@H](c2ccccc2C(F)(F)F)C1. The van der Waals surface area contributed by atoms with Gasteiger partial charge in [-0.25, -0.2) is 0 Å². The van der Waals surface area contributed by atoms with Crippen molar-refractivity contribution < 1.29 is 27.4 Å². The molecule has 126 valence electrons. The second-order valence-corrected chi connectivity index (χ2v) is 5.79. The van der Waals surface area contributed by atoms with Crippen LogP contribution in [0.1, 0.15) is 23.7 Å². The molecule has 2 atom stereocenters. The summed E-state index contributed by atoms with van der Waals surface area (Å²) in [5.41, 5.74) is -0.622. The van der Waals surface area contributed by atoms with Crippen molar-refractivity contribution in [2.24, 2.45) is 5.92 Å². The minimum atomic E-state index is -4.44. The maximum Gasteiger partial charge on any atom is 0.416 e. The lowest BCUT2D eigenvalue weighted by Crippen LogP contribution is -2.45.